The Morgan fingerprint density at radius 3 is 2.43 bits per heavy atom. The van der Waals surface area contributed by atoms with Gasteiger partial charge in [0.15, 0.2) is 5.65 Å². The van der Waals surface area contributed by atoms with Crippen molar-refractivity contribution in [3.05, 3.63) is 78.4 Å². The summed E-state index contributed by atoms with van der Waals surface area (Å²) in [6.07, 6.45) is 0.895. The molecule has 0 unspecified atom stereocenters. The number of hydrogen-bond donors (Lipinski definition) is 0. The van der Waals surface area contributed by atoms with Gasteiger partial charge in [0.1, 0.15) is 11.3 Å². The molecule has 5 rings (SSSR count). The highest BCUT2D eigenvalue weighted by Crippen LogP contribution is 2.31. The molecule has 0 spiro atoms. The van der Waals surface area contributed by atoms with E-state index in [1.807, 2.05) is 54.6 Å². The van der Waals surface area contributed by atoms with Crippen molar-refractivity contribution < 1.29 is 9.47 Å². The lowest BCUT2D eigenvalue weighted by Crippen LogP contribution is -2.04. The van der Waals surface area contributed by atoms with E-state index in [1.165, 1.54) is 5.56 Å². The highest BCUT2D eigenvalue weighted by Gasteiger charge is 2.15. The van der Waals surface area contributed by atoms with Gasteiger partial charge < -0.3 is 14.0 Å². The van der Waals surface area contributed by atoms with Crippen molar-refractivity contribution in [1.82, 2.24) is 14.5 Å². The highest BCUT2D eigenvalue weighted by atomic mass is 16.5. The molecule has 0 atom stereocenters. The number of benzene rings is 3. The molecule has 0 aliphatic carbocycles. The minimum absolute atomic E-state index is 0.635. The molecule has 30 heavy (non-hydrogen) atoms. The summed E-state index contributed by atoms with van der Waals surface area (Å²) in [5.41, 5.74) is 5.93. The Morgan fingerprint density at radius 1 is 0.867 bits per heavy atom. The summed E-state index contributed by atoms with van der Waals surface area (Å²) < 4.78 is 13.6. The van der Waals surface area contributed by atoms with Crippen molar-refractivity contribution >= 4 is 33.1 Å². The number of hydrogen-bond acceptors (Lipinski definition) is 4. The number of fused-ring (bicyclic) bond motifs is 4. The van der Waals surface area contributed by atoms with Crippen LogP contribution in [0.25, 0.3) is 33.1 Å². The van der Waals surface area contributed by atoms with Gasteiger partial charge in [-0.25, -0.2) is 9.97 Å². The third-order valence-corrected chi connectivity index (χ3v) is 5.34. The van der Waals surface area contributed by atoms with E-state index in [2.05, 4.69) is 22.8 Å². The van der Waals surface area contributed by atoms with Crippen LogP contribution in [-0.2, 0) is 17.9 Å². The van der Waals surface area contributed by atoms with E-state index in [-0.39, 0.29) is 0 Å². The Morgan fingerprint density at radius 2 is 1.63 bits per heavy atom. The third kappa shape index (κ3) is 3.48. The molecule has 3 aromatic carbocycles. The van der Waals surface area contributed by atoms with Crippen molar-refractivity contribution in [2.75, 3.05) is 13.7 Å². The van der Waals surface area contributed by atoms with Gasteiger partial charge in [-0.1, -0.05) is 42.5 Å². The summed E-state index contributed by atoms with van der Waals surface area (Å²) in [5, 5.41) is 1.06. The van der Waals surface area contributed by atoms with Gasteiger partial charge in [-0.05, 0) is 42.3 Å². The zero-order chi connectivity index (χ0) is 20.3. The summed E-state index contributed by atoms with van der Waals surface area (Å²) in [6.45, 7) is 2.14. The molecule has 2 heterocycles. The summed E-state index contributed by atoms with van der Waals surface area (Å²) >= 11 is 0. The van der Waals surface area contributed by atoms with Gasteiger partial charge in [0.2, 0.25) is 0 Å². The zero-order valence-electron chi connectivity index (χ0n) is 16.9. The Hall–Kier alpha value is -3.44. The predicted octanol–water partition coefficient (Wildman–Crippen LogP) is 5.35. The number of methoxy groups -OCH3 is 1. The number of para-hydroxylation sites is 2. The first-order chi connectivity index (χ1) is 14.8. The second kappa shape index (κ2) is 8.13. The summed E-state index contributed by atoms with van der Waals surface area (Å²) in [7, 11) is 1.69. The van der Waals surface area contributed by atoms with Crippen LogP contribution in [0, 0.1) is 0 Å². The second-order valence-electron chi connectivity index (χ2n) is 7.31. The van der Waals surface area contributed by atoms with Crippen LogP contribution in [0.1, 0.15) is 12.0 Å². The van der Waals surface area contributed by atoms with Gasteiger partial charge in [0.25, 0.3) is 0 Å². The molecule has 5 aromatic rings. The Kier molecular flexibility index (Phi) is 5.03. The maximum Gasteiger partial charge on any atom is 0.160 e. The molecule has 0 aliphatic heterocycles. The number of aryl methyl sites for hydroxylation is 1. The average molecular weight is 397 g/mol. The van der Waals surface area contributed by atoms with E-state index in [0.29, 0.717) is 13.2 Å². The van der Waals surface area contributed by atoms with Crippen molar-refractivity contribution in [3.8, 4) is 5.75 Å². The number of rotatable bonds is 7. The SMILES string of the molecule is COc1ccc2c(c1)c1nc3ccccc3nc1n2CCCOCc1ccccc1. The molecular formula is C25H23N3O2. The fraction of sp³-hybridized carbons (Fsp3) is 0.200. The van der Waals surface area contributed by atoms with Crippen LogP contribution in [0.4, 0.5) is 0 Å². The lowest BCUT2D eigenvalue weighted by Gasteiger charge is -2.08. The van der Waals surface area contributed by atoms with Crippen LogP contribution in [0.2, 0.25) is 0 Å². The van der Waals surface area contributed by atoms with E-state index in [9.17, 15) is 0 Å². The lowest BCUT2D eigenvalue weighted by molar-refractivity contribution is 0.116. The minimum Gasteiger partial charge on any atom is -0.497 e. The van der Waals surface area contributed by atoms with E-state index in [4.69, 9.17) is 19.4 Å². The Labute approximate surface area is 174 Å². The molecule has 0 aliphatic rings. The maximum atomic E-state index is 5.88. The molecule has 5 nitrogen and oxygen atoms in total. The fourth-order valence-electron chi connectivity index (χ4n) is 3.86. The van der Waals surface area contributed by atoms with Crippen LogP contribution in [-0.4, -0.2) is 28.3 Å². The normalized spacial score (nSPS) is 11.5. The van der Waals surface area contributed by atoms with E-state index < -0.39 is 0 Å². The smallest absolute Gasteiger partial charge is 0.160 e. The Bertz CT molecular complexity index is 1310. The molecule has 0 N–H and O–H groups in total. The molecular weight excluding hydrogens is 374 g/mol. The van der Waals surface area contributed by atoms with E-state index in [1.54, 1.807) is 7.11 Å². The number of nitrogens with zero attached hydrogens (tertiary/aromatic N) is 3. The predicted molar refractivity (Wildman–Crippen MR) is 120 cm³/mol. The van der Waals surface area contributed by atoms with Crippen LogP contribution in [0.15, 0.2) is 72.8 Å². The van der Waals surface area contributed by atoms with Gasteiger partial charge in [-0.3, -0.25) is 0 Å². The highest BCUT2D eigenvalue weighted by molar-refractivity contribution is 6.06. The van der Waals surface area contributed by atoms with Gasteiger partial charge in [-0.2, -0.15) is 0 Å². The standard InChI is InChI=1S/C25H23N3O2/c1-29-19-12-13-23-20(16-19)24-25(27-22-11-6-5-10-21(22)26-24)28(23)14-7-15-30-17-18-8-3-2-4-9-18/h2-6,8-13,16H,7,14-15,17H2,1H3. The number of ether oxygens (including phenoxy) is 2. The van der Waals surface area contributed by atoms with E-state index in [0.717, 1.165) is 51.8 Å². The van der Waals surface area contributed by atoms with Gasteiger partial charge >= 0.3 is 0 Å². The maximum absolute atomic E-state index is 5.88. The Balaban J connectivity index is 1.45. The molecule has 0 amide bonds. The summed E-state index contributed by atoms with van der Waals surface area (Å²) in [4.78, 5) is 9.85. The first-order valence-electron chi connectivity index (χ1n) is 10.2. The van der Waals surface area contributed by atoms with Crippen molar-refractivity contribution in [2.24, 2.45) is 0 Å². The van der Waals surface area contributed by atoms with Gasteiger partial charge in [0, 0.05) is 18.5 Å². The molecule has 2 aromatic heterocycles. The van der Waals surface area contributed by atoms with Crippen molar-refractivity contribution in [1.29, 1.82) is 0 Å². The van der Waals surface area contributed by atoms with Crippen LogP contribution in [0.5, 0.6) is 5.75 Å². The average Bonchev–Trinajstić information content (AvgIpc) is 3.10. The van der Waals surface area contributed by atoms with Crippen LogP contribution < -0.4 is 4.74 Å². The lowest BCUT2D eigenvalue weighted by atomic mass is 10.2. The van der Waals surface area contributed by atoms with Crippen LogP contribution >= 0.6 is 0 Å². The van der Waals surface area contributed by atoms with E-state index >= 15 is 0 Å². The molecule has 150 valence electrons. The first-order valence-corrected chi connectivity index (χ1v) is 10.2. The van der Waals surface area contributed by atoms with Crippen molar-refractivity contribution in [3.63, 3.8) is 0 Å². The molecule has 0 saturated heterocycles. The summed E-state index contributed by atoms with van der Waals surface area (Å²) in [5.74, 6) is 0.822. The largest absolute Gasteiger partial charge is 0.497 e. The van der Waals surface area contributed by atoms with Crippen molar-refractivity contribution in [2.45, 2.75) is 19.6 Å². The van der Waals surface area contributed by atoms with Gasteiger partial charge in [-0.15, -0.1) is 0 Å². The zero-order valence-corrected chi connectivity index (χ0v) is 16.9. The molecule has 5 heteroatoms. The van der Waals surface area contributed by atoms with Crippen LogP contribution in [0.3, 0.4) is 0 Å². The molecule has 0 radical (unpaired) electrons. The first kappa shape index (κ1) is 18.6. The third-order valence-electron chi connectivity index (χ3n) is 5.34. The fourth-order valence-corrected chi connectivity index (χ4v) is 3.86. The minimum atomic E-state index is 0.635. The molecule has 0 saturated carbocycles. The second-order valence-corrected chi connectivity index (χ2v) is 7.31. The number of aromatic nitrogens is 3. The topological polar surface area (TPSA) is 49.2 Å². The monoisotopic (exact) mass is 397 g/mol. The van der Waals surface area contributed by atoms with Gasteiger partial charge in [0.05, 0.1) is 30.3 Å². The molecule has 0 fully saturated rings. The molecule has 0 bridgehead atoms. The summed E-state index contributed by atoms with van der Waals surface area (Å²) in [6, 6.07) is 24.4. The quantitative estimate of drug-likeness (QED) is 0.347.